The van der Waals surface area contributed by atoms with Crippen molar-refractivity contribution in [3.8, 4) is 0 Å². The summed E-state index contributed by atoms with van der Waals surface area (Å²) in [5.41, 5.74) is 0.309. The van der Waals surface area contributed by atoms with Crippen molar-refractivity contribution in [3.63, 3.8) is 0 Å². The number of aliphatic hydroxyl groups excluding tert-OH is 1. The van der Waals surface area contributed by atoms with Crippen LogP contribution in [0, 0.1) is 17.3 Å². The Balaban J connectivity index is 0.000000775. The van der Waals surface area contributed by atoms with Gasteiger partial charge in [0.25, 0.3) is 12.4 Å². The number of carbonyl (C=O) groups is 3. The van der Waals surface area contributed by atoms with E-state index in [1.807, 2.05) is 52.3 Å². The van der Waals surface area contributed by atoms with E-state index in [2.05, 4.69) is 12.2 Å². The maximum Gasteiger partial charge on any atom is 0.290 e. The standard InChI is InChI=1S/C24H26N2O3.CH2O2/c27-16-24-14-25(22(28)18-7-1-2-8-18)12-19(24)13-26(15-24)23(29)21-11-5-9-17-6-3-4-10-20(17)21;2-1-3/h1-6,9-11,18-19,27H,7-8,12-16H2;1H,(H,2,3)/t19-,24+;/m0./s1. The van der Waals surface area contributed by atoms with E-state index in [1.54, 1.807) is 0 Å². The summed E-state index contributed by atoms with van der Waals surface area (Å²) in [5, 5.41) is 19.1. The van der Waals surface area contributed by atoms with Crippen molar-refractivity contribution in [2.24, 2.45) is 17.3 Å². The van der Waals surface area contributed by atoms with Crippen molar-refractivity contribution >= 4 is 29.1 Å². The van der Waals surface area contributed by atoms with E-state index < -0.39 is 5.41 Å². The molecular formula is C25H28N2O5. The molecule has 2 aliphatic heterocycles. The predicted octanol–water partition coefficient (Wildman–Crippen LogP) is 2.40. The second kappa shape index (κ2) is 9.12. The minimum atomic E-state index is -0.401. The molecule has 2 heterocycles. The number of amides is 2. The Morgan fingerprint density at radius 2 is 1.62 bits per heavy atom. The van der Waals surface area contributed by atoms with Gasteiger partial charge in [0.2, 0.25) is 5.91 Å². The number of carboxylic acid groups (broad SMARTS) is 1. The molecule has 3 aliphatic rings. The Morgan fingerprint density at radius 1 is 1.00 bits per heavy atom. The molecule has 0 spiro atoms. The van der Waals surface area contributed by atoms with Crippen LogP contribution in [0.5, 0.6) is 0 Å². The highest BCUT2D eigenvalue weighted by Gasteiger charge is 2.54. The van der Waals surface area contributed by atoms with Gasteiger partial charge in [-0.15, -0.1) is 0 Å². The molecule has 1 aliphatic carbocycles. The van der Waals surface area contributed by atoms with E-state index in [0.717, 1.165) is 23.6 Å². The Labute approximate surface area is 186 Å². The number of benzene rings is 2. The van der Waals surface area contributed by atoms with Crippen LogP contribution in [0.15, 0.2) is 54.6 Å². The van der Waals surface area contributed by atoms with Gasteiger partial charge in [0.05, 0.1) is 6.61 Å². The van der Waals surface area contributed by atoms with Crippen LogP contribution in [0.3, 0.4) is 0 Å². The van der Waals surface area contributed by atoms with E-state index in [4.69, 9.17) is 9.90 Å². The van der Waals surface area contributed by atoms with E-state index in [9.17, 15) is 14.7 Å². The van der Waals surface area contributed by atoms with Crippen LogP contribution >= 0.6 is 0 Å². The second-order valence-corrected chi connectivity index (χ2v) is 8.89. The van der Waals surface area contributed by atoms with Gasteiger partial charge in [0, 0.05) is 49.0 Å². The summed E-state index contributed by atoms with van der Waals surface area (Å²) in [5.74, 6) is 0.397. The number of carbonyl (C=O) groups excluding carboxylic acids is 2. The molecule has 2 atom stereocenters. The van der Waals surface area contributed by atoms with Crippen LogP contribution < -0.4 is 0 Å². The first-order valence-electron chi connectivity index (χ1n) is 10.9. The van der Waals surface area contributed by atoms with Gasteiger partial charge in [-0.1, -0.05) is 48.6 Å². The van der Waals surface area contributed by atoms with Crippen molar-refractivity contribution in [2.45, 2.75) is 12.8 Å². The van der Waals surface area contributed by atoms with Crippen molar-refractivity contribution in [3.05, 3.63) is 60.2 Å². The predicted molar refractivity (Wildman–Crippen MR) is 120 cm³/mol. The molecule has 2 fully saturated rings. The minimum Gasteiger partial charge on any atom is -0.483 e. The van der Waals surface area contributed by atoms with Crippen molar-refractivity contribution in [1.29, 1.82) is 0 Å². The van der Waals surface area contributed by atoms with Crippen LogP contribution in [0.1, 0.15) is 23.2 Å². The topological polar surface area (TPSA) is 98.2 Å². The van der Waals surface area contributed by atoms with Crippen LogP contribution in [-0.2, 0) is 9.59 Å². The van der Waals surface area contributed by atoms with Crippen LogP contribution in [0.25, 0.3) is 10.8 Å². The average Bonchev–Trinajstić information content (AvgIpc) is 3.53. The lowest BCUT2D eigenvalue weighted by Gasteiger charge is -2.28. The molecule has 2 aromatic carbocycles. The number of rotatable bonds is 3. The zero-order valence-electron chi connectivity index (χ0n) is 17.9. The summed E-state index contributed by atoms with van der Waals surface area (Å²) in [4.78, 5) is 38.3. The van der Waals surface area contributed by atoms with E-state index >= 15 is 0 Å². The summed E-state index contributed by atoms with van der Waals surface area (Å²) in [6.45, 7) is 2.03. The van der Waals surface area contributed by atoms with Crippen molar-refractivity contribution in [2.75, 3.05) is 32.8 Å². The summed E-state index contributed by atoms with van der Waals surface area (Å²) in [6.07, 6.45) is 5.79. The van der Waals surface area contributed by atoms with Gasteiger partial charge in [-0.25, -0.2) is 0 Å². The number of hydrogen-bond acceptors (Lipinski definition) is 4. The average molecular weight is 437 g/mol. The third kappa shape index (κ3) is 3.88. The molecule has 32 heavy (non-hydrogen) atoms. The van der Waals surface area contributed by atoms with E-state index in [-0.39, 0.29) is 36.7 Å². The van der Waals surface area contributed by atoms with E-state index in [0.29, 0.717) is 31.7 Å². The van der Waals surface area contributed by atoms with Crippen molar-refractivity contribution in [1.82, 2.24) is 9.80 Å². The number of likely N-dealkylation sites (tertiary alicyclic amines) is 2. The molecule has 0 saturated carbocycles. The molecule has 2 N–H and O–H groups in total. The van der Waals surface area contributed by atoms with Gasteiger partial charge in [-0.05, 0) is 29.7 Å². The fourth-order valence-electron chi connectivity index (χ4n) is 5.39. The highest BCUT2D eigenvalue weighted by atomic mass is 16.3. The monoisotopic (exact) mass is 436 g/mol. The Bertz CT molecular complexity index is 1040. The highest BCUT2D eigenvalue weighted by Crippen LogP contribution is 2.43. The fraction of sp³-hybridized carbons (Fsp3) is 0.400. The summed E-state index contributed by atoms with van der Waals surface area (Å²) in [7, 11) is 0. The first kappa shape index (κ1) is 22.0. The Kier molecular flexibility index (Phi) is 6.28. The molecular weight excluding hydrogens is 408 g/mol. The van der Waals surface area contributed by atoms with Gasteiger partial charge in [-0.3, -0.25) is 14.4 Å². The zero-order valence-corrected chi connectivity index (χ0v) is 17.9. The lowest BCUT2D eigenvalue weighted by molar-refractivity contribution is -0.134. The van der Waals surface area contributed by atoms with Gasteiger partial charge < -0.3 is 20.0 Å². The Morgan fingerprint density at radius 3 is 2.31 bits per heavy atom. The lowest BCUT2D eigenvalue weighted by atomic mass is 9.82. The van der Waals surface area contributed by atoms with Gasteiger partial charge >= 0.3 is 0 Å². The molecule has 0 aromatic heterocycles. The molecule has 2 amide bonds. The minimum absolute atomic E-state index is 0.00365. The largest absolute Gasteiger partial charge is 0.483 e. The van der Waals surface area contributed by atoms with Gasteiger partial charge in [0.1, 0.15) is 0 Å². The molecule has 0 unspecified atom stereocenters. The molecule has 5 rings (SSSR count). The highest BCUT2D eigenvalue weighted by molar-refractivity contribution is 6.07. The number of hydrogen-bond donors (Lipinski definition) is 2. The second-order valence-electron chi connectivity index (χ2n) is 8.89. The summed E-state index contributed by atoms with van der Waals surface area (Å²) in [6, 6.07) is 13.7. The van der Waals surface area contributed by atoms with Crippen LogP contribution in [0.2, 0.25) is 0 Å². The molecule has 2 aromatic rings. The molecule has 0 radical (unpaired) electrons. The third-order valence-corrected chi connectivity index (χ3v) is 7.05. The summed E-state index contributed by atoms with van der Waals surface area (Å²) >= 11 is 0. The first-order valence-corrected chi connectivity index (χ1v) is 10.9. The van der Waals surface area contributed by atoms with Gasteiger partial charge in [0.15, 0.2) is 0 Å². The van der Waals surface area contributed by atoms with Crippen LogP contribution in [-0.4, -0.2) is 71.1 Å². The number of fused-ring (bicyclic) bond motifs is 2. The molecule has 7 heteroatoms. The normalized spacial score (nSPS) is 24.3. The maximum absolute atomic E-state index is 13.3. The number of allylic oxidation sites excluding steroid dienone is 2. The van der Waals surface area contributed by atoms with Gasteiger partial charge in [-0.2, -0.15) is 0 Å². The summed E-state index contributed by atoms with van der Waals surface area (Å²) < 4.78 is 0. The lowest BCUT2D eigenvalue weighted by Crippen LogP contribution is -2.41. The zero-order chi connectivity index (χ0) is 22.7. The molecule has 0 bridgehead atoms. The van der Waals surface area contributed by atoms with Crippen molar-refractivity contribution < 1.29 is 24.6 Å². The number of nitrogens with zero attached hydrogens (tertiary/aromatic N) is 2. The molecule has 7 nitrogen and oxygen atoms in total. The smallest absolute Gasteiger partial charge is 0.290 e. The SMILES string of the molecule is O=C(c1cccc2ccccc12)N1C[C@@H]2CN(C(=O)C3CC=CC3)C[C@]2(CO)C1.O=CO. The Hall–Kier alpha value is -3.19. The molecule has 2 saturated heterocycles. The quantitative estimate of drug-likeness (QED) is 0.569. The number of aliphatic hydroxyl groups is 1. The maximum atomic E-state index is 13.3. The van der Waals surface area contributed by atoms with Crippen LogP contribution in [0.4, 0.5) is 0 Å². The van der Waals surface area contributed by atoms with E-state index in [1.165, 1.54) is 0 Å². The fourth-order valence-corrected chi connectivity index (χ4v) is 5.39. The first-order chi connectivity index (χ1) is 15.5. The third-order valence-electron chi connectivity index (χ3n) is 7.05. The molecule has 168 valence electrons.